The fraction of sp³-hybridized carbons (Fsp3) is 0.577. The largest absolute Gasteiger partial charge is 0.378 e. The van der Waals surface area contributed by atoms with E-state index in [-0.39, 0.29) is 23.8 Å². The Morgan fingerprint density at radius 1 is 1.14 bits per heavy atom. The predicted octanol–water partition coefficient (Wildman–Crippen LogP) is 1.72. The Balaban J connectivity index is 1.36. The van der Waals surface area contributed by atoms with Crippen LogP contribution in [-0.4, -0.2) is 97.8 Å². The van der Waals surface area contributed by atoms with Gasteiger partial charge in [0.05, 0.1) is 41.2 Å². The molecule has 0 aliphatic carbocycles. The first-order valence-corrected chi connectivity index (χ1v) is 13.6. The van der Waals surface area contributed by atoms with Crippen molar-refractivity contribution in [3.63, 3.8) is 0 Å². The molecule has 11 heteroatoms. The monoisotopic (exact) mass is 548 g/mol. The van der Waals surface area contributed by atoms with Gasteiger partial charge < -0.3 is 29.5 Å². The first-order chi connectivity index (χ1) is 17.8. The Morgan fingerprint density at radius 3 is 2.57 bits per heavy atom. The minimum absolute atomic E-state index is 0.0941. The number of nitrogens with zero attached hydrogens (tertiary/aromatic N) is 3. The van der Waals surface area contributed by atoms with Crippen molar-refractivity contribution in [2.45, 2.75) is 36.6 Å². The predicted molar refractivity (Wildman–Crippen MR) is 138 cm³/mol. The molecule has 37 heavy (non-hydrogen) atoms. The normalized spacial score (nSPS) is 33.2. The summed E-state index contributed by atoms with van der Waals surface area (Å²) < 4.78 is 12.0. The summed E-state index contributed by atoms with van der Waals surface area (Å²) in [6.45, 7) is 3.41. The summed E-state index contributed by atoms with van der Waals surface area (Å²) >= 11 is 12.3. The summed E-state index contributed by atoms with van der Waals surface area (Å²) in [5.74, 6) is -2.08. The van der Waals surface area contributed by atoms with Gasteiger partial charge in [0.15, 0.2) is 0 Å². The number of hydrogen-bond acceptors (Lipinski definition) is 6. The second kappa shape index (κ2) is 9.54. The molecule has 4 fully saturated rings. The van der Waals surface area contributed by atoms with Crippen LogP contribution >= 0.6 is 23.2 Å². The molecule has 1 spiro atoms. The van der Waals surface area contributed by atoms with Gasteiger partial charge in [-0.2, -0.15) is 0 Å². The average Bonchev–Trinajstić information content (AvgIpc) is 3.57. The van der Waals surface area contributed by atoms with Crippen molar-refractivity contribution < 1.29 is 23.9 Å². The number of halogens is 2. The molecule has 1 aromatic carbocycles. The molecule has 1 N–H and O–H groups in total. The number of hydrogen-bond donors (Lipinski definition) is 1. The van der Waals surface area contributed by atoms with Crippen molar-refractivity contribution >= 4 is 46.6 Å². The highest BCUT2D eigenvalue weighted by atomic mass is 35.5. The molecule has 5 unspecified atom stereocenters. The number of nitrogens with one attached hydrogen (secondary N) is 1. The minimum atomic E-state index is -1.17. The number of carbonyl (C=O) groups excluding carboxylic acids is 3. The van der Waals surface area contributed by atoms with E-state index in [4.69, 9.17) is 32.7 Å². The lowest BCUT2D eigenvalue weighted by Crippen LogP contribution is -2.60. The van der Waals surface area contributed by atoms with Crippen LogP contribution in [0.4, 0.5) is 5.69 Å². The molecule has 9 nitrogen and oxygen atoms in total. The van der Waals surface area contributed by atoms with Crippen molar-refractivity contribution in [3.05, 3.63) is 40.4 Å². The van der Waals surface area contributed by atoms with Gasteiger partial charge in [-0.1, -0.05) is 35.4 Å². The highest BCUT2D eigenvalue weighted by Gasteiger charge is 2.74. The number of carbonyl (C=O) groups is 3. The summed E-state index contributed by atoms with van der Waals surface area (Å²) in [7, 11) is 1.66. The lowest BCUT2D eigenvalue weighted by molar-refractivity contribution is -0.152. The first kappa shape index (κ1) is 25.1. The van der Waals surface area contributed by atoms with Crippen LogP contribution in [0.2, 0.25) is 10.0 Å². The SMILES string of the molecule is CN(C(=O)C1C2C=CC3(O2)C1C(=O)N(C1CCNCC1)C3C(=O)N1CCOCC1)c1ccc(Cl)c(Cl)c1. The van der Waals surface area contributed by atoms with Crippen LogP contribution in [0.25, 0.3) is 0 Å². The van der Waals surface area contributed by atoms with Gasteiger partial charge in [0.25, 0.3) is 0 Å². The van der Waals surface area contributed by atoms with Gasteiger partial charge in [0.1, 0.15) is 11.6 Å². The summed E-state index contributed by atoms with van der Waals surface area (Å²) in [4.78, 5) is 47.2. The fourth-order valence-corrected chi connectivity index (χ4v) is 6.94. The molecule has 198 valence electrons. The smallest absolute Gasteiger partial charge is 0.248 e. The molecule has 5 heterocycles. The highest BCUT2D eigenvalue weighted by Crippen LogP contribution is 2.56. The maximum Gasteiger partial charge on any atom is 0.248 e. The Bertz CT molecular complexity index is 1150. The number of rotatable bonds is 4. The summed E-state index contributed by atoms with van der Waals surface area (Å²) in [5.41, 5.74) is -0.595. The number of benzene rings is 1. The Labute approximate surface area is 225 Å². The number of piperidine rings is 1. The zero-order chi connectivity index (χ0) is 25.9. The summed E-state index contributed by atoms with van der Waals surface area (Å²) in [5, 5.41) is 4.07. The molecule has 1 aromatic rings. The number of anilines is 1. The second-order valence-electron chi connectivity index (χ2n) is 10.4. The third kappa shape index (κ3) is 3.89. The highest BCUT2D eigenvalue weighted by molar-refractivity contribution is 6.42. The van der Waals surface area contributed by atoms with Crippen molar-refractivity contribution in [1.82, 2.24) is 15.1 Å². The maximum atomic E-state index is 14.2. The topological polar surface area (TPSA) is 91.4 Å². The molecule has 4 saturated heterocycles. The van der Waals surface area contributed by atoms with Crippen LogP contribution in [0.1, 0.15) is 12.8 Å². The van der Waals surface area contributed by atoms with E-state index in [1.54, 1.807) is 35.0 Å². The fourth-order valence-electron chi connectivity index (χ4n) is 6.65. The third-order valence-electron chi connectivity index (χ3n) is 8.48. The second-order valence-corrected chi connectivity index (χ2v) is 11.2. The number of likely N-dealkylation sites (tertiary alicyclic amines) is 1. The van der Waals surface area contributed by atoms with Crippen LogP contribution in [0.15, 0.2) is 30.4 Å². The van der Waals surface area contributed by atoms with Gasteiger partial charge in [-0.05, 0) is 44.1 Å². The van der Waals surface area contributed by atoms with E-state index < -0.39 is 29.6 Å². The number of fused-ring (bicyclic) bond motifs is 1. The summed E-state index contributed by atoms with van der Waals surface area (Å²) in [6, 6.07) is 4.08. The van der Waals surface area contributed by atoms with Crippen LogP contribution in [0.5, 0.6) is 0 Å². The molecular formula is C26H30Cl2N4O5. The number of amides is 3. The van der Waals surface area contributed by atoms with E-state index in [9.17, 15) is 14.4 Å². The third-order valence-corrected chi connectivity index (χ3v) is 9.22. The number of morpholine rings is 1. The van der Waals surface area contributed by atoms with Gasteiger partial charge in [-0.25, -0.2) is 0 Å². The lowest BCUT2D eigenvalue weighted by atomic mass is 9.74. The first-order valence-electron chi connectivity index (χ1n) is 12.8. The van der Waals surface area contributed by atoms with Gasteiger partial charge in [-0.15, -0.1) is 0 Å². The Morgan fingerprint density at radius 2 is 1.86 bits per heavy atom. The molecule has 5 atom stereocenters. The van der Waals surface area contributed by atoms with E-state index in [1.807, 2.05) is 12.2 Å². The van der Waals surface area contributed by atoms with E-state index in [0.717, 1.165) is 25.9 Å². The molecule has 0 aromatic heterocycles. The van der Waals surface area contributed by atoms with E-state index in [1.165, 1.54) is 4.90 Å². The zero-order valence-corrected chi connectivity index (χ0v) is 22.1. The molecule has 5 aliphatic heterocycles. The van der Waals surface area contributed by atoms with Crippen LogP contribution in [0.3, 0.4) is 0 Å². The van der Waals surface area contributed by atoms with E-state index >= 15 is 0 Å². The van der Waals surface area contributed by atoms with Gasteiger partial charge in [-0.3, -0.25) is 14.4 Å². The van der Waals surface area contributed by atoms with Crippen LogP contribution in [-0.2, 0) is 23.9 Å². The van der Waals surface area contributed by atoms with Crippen molar-refractivity contribution in [3.8, 4) is 0 Å². The Kier molecular flexibility index (Phi) is 6.48. The molecule has 0 radical (unpaired) electrons. The van der Waals surface area contributed by atoms with E-state index in [2.05, 4.69) is 5.32 Å². The standard InChI is InChI=1S/C26H30Cl2N4O5/c1-30(16-2-3-17(27)18(28)14-16)23(33)20-19-4-7-26(37-19)21(20)24(34)32(15-5-8-29-9-6-15)22(26)25(35)31-10-12-36-13-11-31/h2-4,7,14-15,19-22,29H,5-6,8-13H2,1H3. The molecule has 3 amide bonds. The van der Waals surface area contributed by atoms with Crippen molar-refractivity contribution in [1.29, 1.82) is 0 Å². The quantitative estimate of drug-likeness (QED) is 0.576. The lowest BCUT2D eigenvalue weighted by Gasteiger charge is -2.41. The van der Waals surface area contributed by atoms with Crippen LogP contribution in [0, 0.1) is 11.8 Å². The molecule has 0 saturated carbocycles. The summed E-state index contributed by atoms with van der Waals surface area (Å²) in [6.07, 6.45) is 4.63. The van der Waals surface area contributed by atoms with Crippen LogP contribution < -0.4 is 10.2 Å². The van der Waals surface area contributed by atoms with Gasteiger partial charge in [0, 0.05) is 31.9 Å². The average molecular weight is 549 g/mol. The van der Waals surface area contributed by atoms with Gasteiger partial charge in [0.2, 0.25) is 17.7 Å². The Hall–Kier alpha value is -2.17. The molecule has 5 aliphatic rings. The van der Waals surface area contributed by atoms with E-state index in [0.29, 0.717) is 42.0 Å². The molecular weight excluding hydrogens is 519 g/mol. The number of ether oxygens (including phenoxy) is 2. The van der Waals surface area contributed by atoms with Crippen molar-refractivity contribution in [2.24, 2.45) is 11.8 Å². The molecule has 2 bridgehead atoms. The maximum absolute atomic E-state index is 14.2. The van der Waals surface area contributed by atoms with Crippen molar-refractivity contribution in [2.75, 3.05) is 51.3 Å². The minimum Gasteiger partial charge on any atom is -0.378 e. The zero-order valence-electron chi connectivity index (χ0n) is 20.6. The molecule has 6 rings (SSSR count). The van der Waals surface area contributed by atoms with Gasteiger partial charge >= 0.3 is 0 Å².